The van der Waals surface area contributed by atoms with E-state index in [1.165, 1.54) is 22.9 Å². The third kappa shape index (κ3) is 4.94. The molecule has 0 aliphatic carbocycles. The lowest BCUT2D eigenvalue weighted by Crippen LogP contribution is -2.26. The van der Waals surface area contributed by atoms with E-state index in [-0.39, 0.29) is 6.10 Å². The van der Waals surface area contributed by atoms with Gasteiger partial charge in [0.15, 0.2) is 0 Å². The predicted molar refractivity (Wildman–Crippen MR) is 124 cm³/mol. The Bertz CT molecular complexity index is 1250. The van der Waals surface area contributed by atoms with Gasteiger partial charge in [0.05, 0.1) is 18.8 Å². The van der Waals surface area contributed by atoms with E-state index in [0.29, 0.717) is 30.9 Å². The summed E-state index contributed by atoms with van der Waals surface area (Å²) in [5.74, 6) is -0.395. The maximum Gasteiger partial charge on any atom is 0.414 e. The van der Waals surface area contributed by atoms with Crippen LogP contribution < -0.4 is 10.2 Å². The van der Waals surface area contributed by atoms with Gasteiger partial charge in [-0.25, -0.2) is 18.9 Å². The normalized spacial score (nSPS) is 15.5. The molecule has 1 saturated heterocycles. The third-order valence-corrected chi connectivity index (χ3v) is 5.67. The Balaban J connectivity index is 1.21. The average molecular weight is 458 g/mol. The fourth-order valence-electron chi connectivity index (χ4n) is 3.92. The number of aromatic nitrogens is 4. The molecule has 1 unspecified atom stereocenters. The van der Waals surface area contributed by atoms with Crippen molar-refractivity contribution < 1.29 is 13.9 Å². The second kappa shape index (κ2) is 9.80. The van der Waals surface area contributed by atoms with Gasteiger partial charge in [0.1, 0.15) is 24.6 Å². The van der Waals surface area contributed by atoms with E-state index in [4.69, 9.17) is 4.74 Å². The van der Waals surface area contributed by atoms with Gasteiger partial charge < -0.3 is 10.1 Å². The van der Waals surface area contributed by atoms with Crippen molar-refractivity contribution in [1.29, 1.82) is 0 Å². The van der Waals surface area contributed by atoms with E-state index in [9.17, 15) is 9.18 Å². The van der Waals surface area contributed by atoms with Crippen molar-refractivity contribution >= 4 is 11.8 Å². The Hall–Kier alpha value is -4.11. The number of halogens is 1. The molecule has 8 nitrogen and oxygen atoms in total. The van der Waals surface area contributed by atoms with Crippen LogP contribution in [-0.2, 0) is 24.4 Å². The van der Waals surface area contributed by atoms with Crippen molar-refractivity contribution in [2.75, 3.05) is 11.4 Å². The molecule has 34 heavy (non-hydrogen) atoms. The molecular formula is C25H23FN6O2. The molecule has 5 rings (SSSR count). The van der Waals surface area contributed by atoms with Crippen LogP contribution in [0.1, 0.15) is 11.1 Å². The van der Waals surface area contributed by atoms with Crippen molar-refractivity contribution in [1.82, 2.24) is 25.1 Å². The predicted octanol–water partition coefficient (Wildman–Crippen LogP) is 3.79. The zero-order valence-electron chi connectivity index (χ0n) is 18.3. The molecule has 172 valence electrons. The third-order valence-electron chi connectivity index (χ3n) is 5.67. The Kier molecular flexibility index (Phi) is 6.26. The summed E-state index contributed by atoms with van der Waals surface area (Å²) >= 11 is 0. The molecule has 9 heteroatoms. The smallest absolute Gasteiger partial charge is 0.414 e. The topological polar surface area (TPSA) is 85.2 Å². The Morgan fingerprint density at radius 1 is 1.00 bits per heavy atom. The monoisotopic (exact) mass is 458 g/mol. The Labute approximate surface area is 196 Å². The molecule has 2 aromatic heterocycles. The number of nitrogens with zero attached hydrogens (tertiary/aromatic N) is 5. The highest BCUT2D eigenvalue weighted by atomic mass is 19.1. The minimum absolute atomic E-state index is 0.318. The number of nitrogens with one attached hydrogen (secondary N) is 1. The number of hydrogen-bond donors (Lipinski definition) is 1. The lowest BCUT2D eigenvalue weighted by molar-refractivity contribution is 0.129. The molecule has 0 saturated carbocycles. The number of carbonyl (C=O) groups excluding carboxylic acids is 1. The first-order valence-corrected chi connectivity index (χ1v) is 10.9. The highest BCUT2D eigenvalue weighted by Gasteiger charge is 2.33. The van der Waals surface area contributed by atoms with Crippen LogP contribution in [0.3, 0.4) is 0 Å². The van der Waals surface area contributed by atoms with Crippen LogP contribution in [0.15, 0.2) is 79.6 Å². The van der Waals surface area contributed by atoms with Crippen LogP contribution in [0.4, 0.5) is 14.9 Å². The van der Waals surface area contributed by atoms with Gasteiger partial charge in [-0.1, -0.05) is 24.3 Å². The van der Waals surface area contributed by atoms with Crippen LogP contribution in [-0.4, -0.2) is 38.5 Å². The first-order chi connectivity index (χ1) is 16.7. The van der Waals surface area contributed by atoms with Crippen molar-refractivity contribution in [2.24, 2.45) is 0 Å². The lowest BCUT2D eigenvalue weighted by atomic mass is 10.0. The Morgan fingerprint density at radius 3 is 2.47 bits per heavy atom. The van der Waals surface area contributed by atoms with E-state index in [1.54, 1.807) is 35.5 Å². The second-order valence-electron chi connectivity index (χ2n) is 8.05. The summed E-state index contributed by atoms with van der Waals surface area (Å²) in [5, 5.41) is 7.42. The van der Waals surface area contributed by atoms with E-state index in [1.807, 2.05) is 36.4 Å². The van der Waals surface area contributed by atoms with Crippen molar-refractivity contribution in [3.8, 4) is 11.1 Å². The summed E-state index contributed by atoms with van der Waals surface area (Å²) in [6, 6.07) is 16.5. The number of rotatable bonds is 8. The molecule has 1 N–H and O–H groups in total. The lowest BCUT2D eigenvalue weighted by Gasteiger charge is -2.14. The second-order valence-corrected chi connectivity index (χ2v) is 8.05. The number of amides is 1. The largest absolute Gasteiger partial charge is 0.442 e. The fraction of sp³-hybridized carbons (Fsp3) is 0.200. The first kappa shape index (κ1) is 21.7. The number of hydrogen-bond acceptors (Lipinski definition) is 6. The molecule has 1 fully saturated rings. The van der Waals surface area contributed by atoms with E-state index < -0.39 is 11.9 Å². The van der Waals surface area contributed by atoms with Crippen LogP contribution in [0, 0.1) is 5.82 Å². The number of cyclic esters (lactones) is 1. The molecule has 1 amide bonds. The summed E-state index contributed by atoms with van der Waals surface area (Å²) in [7, 11) is 0. The highest BCUT2D eigenvalue weighted by Crippen LogP contribution is 2.29. The van der Waals surface area contributed by atoms with E-state index >= 15 is 0 Å². The number of benzene rings is 2. The van der Waals surface area contributed by atoms with Gasteiger partial charge in [-0.15, -0.1) is 0 Å². The van der Waals surface area contributed by atoms with E-state index in [0.717, 1.165) is 17.7 Å². The number of anilines is 1. The number of carbonyl (C=O) groups is 1. The van der Waals surface area contributed by atoms with Gasteiger partial charge in [-0.05, 0) is 47.0 Å². The molecule has 1 atom stereocenters. The zero-order chi connectivity index (χ0) is 23.3. The first-order valence-electron chi connectivity index (χ1n) is 10.9. The molecule has 0 bridgehead atoms. The van der Waals surface area contributed by atoms with Gasteiger partial charge in [0.2, 0.25) is 0 Å². The molecule has 1 aliphatic heterocycles. The van der Waals surface area contributed by atoms with Crippen LogP contribution in [0.2, 0.25) is 0 Å². The molecule has 0 radical (unpaired) electrons. The summed E-state index contributed by atoms with van der Waals surface area (Å²) in [6.07, 6.45) is 5.66. The molecule has 0 spiro atoms. The van der Waals surface area contributed by atoms with Crippen molar-refractivity contribution in [3.63, 3.8) is 0 Å². The molecule has 2 aromatic carbocycles. The summed E-state index contributed by atoms with van der Waals surface area (Å²) in [4.78, 5) is 21.7. The SMILES string of the molecule is O=C1OC(Cn2cncn2)CN1c1ccc(-c2ccc(CNCc3ccncc3)cc2)c(F)c1. The molecule has 1 aliphatic rings. The maximum atomic E-state index is 15.0. The molecule has 4 aromatic rings. The quantitative estimate of drug-likeness (QED) is 0.432. The maximum absolute atomic E-state index is 15.0. The summed E-state index contributed by atoms with van der Waals surface area (Å²) < 4.78 is 22.0. The zero-order valence-corrected chi connectivity index (χ0v) is 18.3. The van der Waals surface area contributed by atoms with Crippen LogP contribution in [0.5, 0.6) is 0 Å². The van der Waals surface area contributed by atoms with E-state index in [2.05, 4.69) is 20.4 Å². The van der Waals surface area contributed by atoms with Gasteiger partial charge in [-0.2, -0.15) is 5.10 Å². The minimum atomic E-state index is -0.499. The summed E-state index contributed by atoms with van der Waals surface area (Å²) in [6.45, 7) is 2.17. The Morgan fingerprint density at radius 2 is 1.76 bits per heavy atom. The number of pyridine rings is 1. The standard InChI is InChI=1S/C25H23FN6O2/c26-24-11-21(32-15-22(34-25(32)33)14-31-17-29-16-30-31)5-6-23(24)20-3-1-18(2-4-20)12-28-13-19-7-9-27-10-8-19/h1-11,16-17,22,28H,12-15H2. The number of ether oxygens (including phenoxy) is 1. The van der Waals surface area contributed by atoms with Crippen LogP contribution in [0.25, 0.3) is 11.1 Å². The van der Waals surface area contributed by atoms with Gasteiger partial charge in [0.25, 0.3) is 0 Å². The highest BCUT2D eigenvalue weighted by molar-refractivity contribution is 5.90. The fourth-order valence-corrected chi connectivity index (χ4v) is 3.92. The van der Waals surface area contributed by atoms with Gasteiger partial charge in [-0.3, -0.25) is 9.88 Å². The van der Waals surface area contributed by atoms with Gasteiger partial charge in [0, 0.05) is 31.0 Å². The van der Waals surface area contributed by atoms with Crippen molar-refractivity contribution in [3.05, 3.63) is 96.6 Å². The summed E-state index contributed by atoms with van der Waals surface area (Å²) in [5.41, 5.74) is 3.99. The van der Waals surface area contributed by atoms with Crippen LogP contribution >= 0.6 is 0 Å². The molecular weight excluding hydrogens is 435 g/mol. The minimum Gasteiger partial charge on any atom is -0.442 e. The molecule has 3 heterocycles. The van der Waals surface area contributed by atoms with Gasteiger partial charge >= 0.3 is 6.09 Å². The average Bonchev–Trinajstić information content (AvgIpc) is 3.50. The van der Waals surface area contributed by atoms with Crippen molar-refractivity contribution in [2.45, 2.75) is 25.7 Å².